The Hall–Kier alpha value is -2.61. The highest BCUT2D eigenvalue weighted by Crippen LogP contribution is 2.29. The molecule has 1 nitrogen and oxygen atoms in total. The summed E-state index contributed by atoms with van der Waals surface area (Å²) in [4.78, 5) is 0. The van der Waals surface area contributed by atoms with Gasteiger partial charge in [-0.3, -0.25) is 0 Å². The van der Waals surface area contributed by atoms with Crippen LogP contribution >= 0.6 is 0 Å². The van der Waals surface area contributed by atoms with Gasteiger partial charge in [-0.1, -0.05) is 57.2 Å². The van der Waals surface area contributed by atoms with Gasteiger partial charge < -0.3 is 5.32 Å². The van der Waals surface area contributed by atoms with E-state index < -0.39 is 0 Å². The van der Waals surface area contributed by atoms with E-state index in [-0.39, 0.29) is 5.82 Å². The second-order valence-corrected chi connectivity index (χ2v) is 7.21. The van der Waals surface area contributed by atoms with E-state index in [0.29, 0.717) is 0 Å². The lowest BCUT2D eigenvalue weighted by molar-refractivity contribution is 0.628. The van der Waals surface area contributed by atoms with Crippen molar-refractivity contribution >= 4 is 11.4 Å². The van der Waals surface area contributed by atoms with Crippen LogP contribution in [0.2, 0.25) is 0 Å². The molecular formula is C24H28FN. The molecule has 1 N–H and O–H groups in total. The summed E-state index contributed by atoms with van der Waals surface area (Å²) in [6.07, 6.45) is 0. The van der Waals surface area contributed by atoms with Crippen molar-refractivity contribution in [3.63, 3.8) is 0 Å². The third kappa shape index (κ3) is 5.73. The smallest absolute Gasteiger partial charge is 0.123 e. The molecule has 0 fully saturated rings. The zero-order valence-electron chi connectivity index (χ0n) is 16.3. The average molecular weight is 349 g/mol. The molecule has 0 heterocycles. The monoisotopic (exact) mass is 349 g/mol. The molecule has 0 saturated heterocycles. The lowest BCUT2D eigenvalue weighted by Gasteiger charge is -2.13. The number of halogens is 1. The van der Waals surface area contributed by atoms with Gasteiger partial charge in [-0.15, -0.1) is 0 Å². The first-order valence-electron chi connectivity index (χ1n) is 9.06. The van der Waals surface area contributed by atoms with Gasteiger partial charge >= 0.3 is 0 Å². The fraction of sp³-hybridized carbons (Fsp3) is 0.250. The van der Waals surface area contributed by atoms with Gasteiger partial charge in [0.25, 0.3) is 0 Å². The Morgan fingerprint density at radius 2 is 1.38 bits per heavy atom. The van der Waals surface area contributed by atoms with E-state index in [1.54, 1.807) is 12.1 Å². The molecule has 2 heteroatoms. The van der Waals surface area contributed by atoms with Crippen molar-refractivity contribution in [3.05, 3.63) is 83.7 Å². The van der Waals surface area contributed by atoms with Crippen LogP contribution in [0.3, 0.4) is 0 Å². The van der Waals surface area contributed by atoms with E-state index in [1.807, 2.05) is 6.07 Å². The number of hydrogen-bond donors (Lipinski definition) is 1. The van der Waals surface area contributed by atoms with Crippen molar-refractivity contribution in [2.24, 2.45) is 5.92 Å². The average Bonchev–Trinajstić information content (AvgIpc) is 2.59. The first kappa shape index (κ1) is 19.7. The molecule has 0 aliphatic carbocycles. The van der Waals surface area contributed by atoms with Crippen LogP contribution < -0.4 is 5.32 Å². The number of hydrogen-bond acceptors (Lipinski definition) is 1. The summed E-state index contributed by atoms with van der Waals surface area (Å²) in [7, 11) is 0. The highest BCUT2D eigenvalue weighted by Gasteiger charge is 2.05. The Bertz CT molecular complexity index is 832. The van der Waals surface area contributed by atoms with Crippen LogP contribution in [0.25, 0.3) is 11.1 Å². The molecule has 0 bridgehead atoms. The third-order valence-electron chi connectivity index (χ3n) is 3.82. The maximum Gasteiger partial charge on any atom is 0.123 e. The Balaban J connectivity index is 0.000000552. The lowest BCUT2D eigenvalue weighted by atomic mass is 9.99. The normalized spacial score (nSPS) is 10.3. The summed E-state index contributed by atoms with van der Waals surface area (Å²) >= 11 is 0. The van der Waals surface area contributed by atoms with Gasteiger partial charge in [0.15, 0.2) is 0 Å². The molecule has 136 valence electrons. The Morgan fingerprint density at radius 1 is 0.769 bits per heavy atom. The zero-order chi connectivity index (χ0) is 19.1. The lowest BCUT2D eigenvalue weighted by Crippen LogP contribution is -1.94. The summed E-state index contributed by atoms with van der Waals surface area (Å²) in [6.45, 7) is 10.7. The summed E-state index contributed by atoms with van der Waals surface area (Å²) in [5.41, 5.74) is 6.72. The summed E-state index contributed by atoms with van der Waals surface area (Å²) in [5.74, 6) is 0.607. The number of benzene rings is 3. The molecule has 3 aromatic rings. The summed E-state index contributed by atoms with van der Waals surface area (Å²) in [6, 6.07) is 21.1. The van der Waals surface area contributed by atoms with Crippen molar-refractivity contribution in [3.8, 4) is 11.1 Å². The molecule has 0 unspecified atom stereocenters. The van der Waals surface area contributed by atoms with E-state index in [9.17, 15) is 4.39 Å². The van der Waals surface area contributed by atoms with Crippen LogP contribution in [0.1, 0.15) is 31.9 Å². The minimum atomic E-state index is -0.226. The van der Waals surface area contributed by atoms with Gasteiger partial charge in [0, 0.05) is 11.4 Å². The number of rotatable bonds is 3. The van der Waals surface area contributed by atoms with E-state index in [2.05, 4.69) is 76.3 Å². The second kappa shape index (κ2) is 9.19. The van der Waals surface area contributed by atoms with E-state index >= 15 is 0 Å². The maximum absolute atomic E-state index is 13.0. The fourth-order valence-electron chi connectivity index (χ4n) is 2.51. The Morgan fingerprint density at radius 3 is 2.00 bits per heavy atom. The first-order valence-corrected chi connectivity index (χ1v) is 9.06. The number of anilines is 2. The quantitative estimate of drug-likeness (QED) is 0.515. The van der Waals surface area contributed by atoms with E-state index in [4.69, 9.17) is 0 Å². The maximum atomic E-state index is 13.0. The summed E-state index contributed by atoms with van der Waals surface area (Å²) < 4.78 is 13.0. The minimum Gasteiger partial charge on any atom is -0.355 e. The number of aryl methyl sites for hydroxylation is 2. The molecule has 0 aromatic heterocycles. The SMILES string of the molecule is CC(C)C.Cc1ccc(-c2ccccc2C)cc1Nc1ccc(F)cc1. The molecule has 0 spiro atoms. The van der Waals surface area contributed by atoms with Crippen molar-refractivity contribution in [2.45, 2.75) is 34.6 Å². The van der Waals surface area contributed by atoms with E-state index in [1.165, 1.54) is 28.8 Å². The standard InChI is InChI=1S/C20H18FN.C4H10/c1-14-5-3-4-6-19(14)16-8-7-15(2)20(13-16)22-18-11-9-17(21)10-12-18;1-4(2)3/h3-13,22H,1-2H3;4H,1-3H3. The van der Waals surface area contributed by atoms with Crippen LogP contribution in [0.4, 0.5) is 15.8 Å². The van der Waals surface area contributed by atoms with Gasteiger partial charge in [-0.05, 0) is 72.4 Å². The fourth-order valence-corrected chi connectivity index (χ4v) is 2.51. The van der Waals surface area contributed by atoms with Gasteiger partial charge in [0.1, 0.15) is 5.82 Å². The summed E-state index contributed by atoms with van der Waals surface area (Å²) in [5, 5.41) is 3.36. The highest BCUT2D eigenvalue weighted by molar-refractivity contribution is 5.74. The molecule has 3 rings (SSSR count). The first-order chi connectivity index (χ1) is 12.4. The minimum absolute atomic E-state index is 0.226. The molecule has 0 atom stereocenters. The van der Waals surface area contributed by atoms with Crippen LogP contribution in [0.15, 0.2) is 66.7 Å². The molecule has 0 amide bonds. The third-order valence-corrected chi connectivity index (χ3v) is 3.82. The van der Waals surface area contributed by atoms with Crippen molar-refractivity contribution in [1.29, 1.82) is 0 Å². The van der Waals surface area contributed by atoms with Crippen molar-refractivity contribution < 1.29 is 4.39 Å². The Kier molecular flexibility index (Phi) is 6.97. The van der Waals surface area contributed by atoms with E-state index in [0.717, 1.165) is 22.9 Å². The molecule has 0 aliphatic heterocycles. The number of nitrogens with one attached hydrogen (secondary N) is 1. The largest absolute Gasteiger partial charge is 0.355 e. The molecular weight excluding hydrogens is 321 g/mol. The molecule has 0 saturated carbocycles. The molecule has 0 radical (unpaired) electrons. The zero-order valence-corrected chi connectivity index (χ0v) is 16.3. The topological polar surface area (TPSA) is 12.0 Å². The highest BCUT2D eigenvalue weighted by atomic mass is 19.1. The van der Waals surface area contributed by atoms with Crippen LogP contribution in [-0.4, -0.2) is 0 Å². The van der Waals surface area contributed by atoms with Gasteiger partial charge in [-0.2, -0.15) is 0 Å². The van der Waals surface area contributed by atoms with Gasteiger partial charge in [0.2, 0.25) is 0 Å². The van der Waals surface area contributed by atoms with Gasteiger partial charge in [-0.25, -0.2) is 4.39 Å². The predicted molar refractivity (Wildman–Crippen MR) is 112 cm³/mol. The predicted octanol–water partition coefficient (Wildman–Crippen LogP) is 7.52. The Labute approximate surface area is 156 Å². The molecule has 26 heavy (non-hydrogen) atoms. The van der Waals surface area contributed by atoms with Crippen molar-refractivity contribution in [2.75, 3.05) is 5.32 Å². The molecule has 3 aromatic carbocycles. The molecule has 0 aliphatic rings. The second-order valence-electron chi connectivity index (χ2n) is 7.21. The van der Waals surface area contributed by atoms with Crippen LogP contribution in [0.5, 0.6) is 0 Å². The van der Waals surface area contributed by atoms with Crippen LogP contribution in [-0.2, 0) is 0 Å². The van der Waals surface area contributed by atoms with Gasteiger partial charge in [0.05, 0.1) is 0 Å². The van der Waals surface area contributed by atoms with Crippen LogP contribution in [0, 0.1) is 25.6 Å². The van der Waals surface area contributed by atoms with Crippen molar-refractivity contribution in [1.82, 2.24) is 0 Å².